The van der Waals surface area contributed by atoms with E-state index in [1.807, 2.05) is 18.2 Å². The van der Waals surface area contributed by atoms with E-state index in [0.29, 0.717) is 27.6 Å². The van der Waals surface area contributed by atoms with Crippen molar-refractivity contribution >= 4 is 38.4 Å². The molecule has 0 radical (unpaired) electrons. The molecule has 5 nitrogen and oxygen atoms in total. The van der Waals surface area contributed by atoms with Crippen LogP contribution in [0.2, 0.25) is 5.02 Å². The minimum atomic E-state index is -0.141. The molecule has 0 saturated heterocycles. The Morgan fingerprint density at radius 2 is 1.92 bits per heavy atom. The van der Waals surface area contributed by atoms with Crippen LogP contribution in [0.15, 0.2) is 68.7 Å². The van der Waals surface area contributed by atoms with E-state index < -0.39 is 0 Å². The highest BCUT2D eigenvalue weighted by atomic mass is 79.9. The van der Waals surface area contributed by atoms with Crippen molar-refractivity contribution in [1.82, 2.24) is 14.5 Å². The maximum atomic E-state index is 12.6. The predicted molar refractivity (Wildman–Crippen MR) is 99.8 cm³/mol. The number of hydrogen-bond acceptors (Lipinski definition) is 4. The van der Waals surface area contributed by atoms with Crippen LogP contribution in [0.1, 0.15) is 5.89 Å². The Morgan fingerprint density at radius 1 is 1.12 bits per heavy atom. The van der Waals surface area contributed by atoms with Gasteiger partial charge in [0.05, 0.1) is 23.4 Å². The van der Waals surface area contributed by atoms with Gasteiger partial charge in [-0.25, -0.2) is 9.97 Å². The van der Waals surface area contributed by atoms with Gasteiger partial charge in [0.1, 0.15) is 6.54 Å². The molecule has 0 amide bonds. The van der Waals surface area contributed by atoms with E-state index >= 15 is 0 Å². The van der Waals surface area contributed by atoms with Crippen molar-refractivity contribution in [2.45, 2.75) is 6.54 Å². The summed E-state index contributed by atoms with van der Waals surface area (Å²) in [5, 5.41) is 1.20. The van der Waals surface area contributed by atoms with Gasteiger partial charge >= 0.3 is 0 Å². The molecule has 4 rings (SSSR count). The summed E-state index contributed by atoms with van der Waals surface area (Å²) in [7, 11) is 0. The molecule has 2 aromatic heterocycles. The predicted octanol–water partition coefficient (Wildman–Crippen LogP) is 4.52. The second kappa shape index (κ2) is 6.46. The molecule has 0 bridgehead atoms. The lowest BCUT2D eigenvalue weighted by molar-refractivity contribution is 0.484. The summed E-state index contributed by atoms with van der Waals surface area (Å²) in [4.78, 5) is 21.2. The first-order chi connectivity index (χ1) is 12.1. The fourth-order valence-corrected chi connectivity index (χ4v) is 3.01. The molecule has 4 aromatic rings. The fourth-order valence-electron chi connectivity index (χ4n) is 2.52. The maximum absolute atomic E-state index is 12.6. The van der Waals surface area contributed by atoms with Gasteiger partial charge in [0, 0.05) is 15.1 Å². The van der Waals surface area contributed by atoms with Crippen LogP contribution in [0, 0.1) is 0 Å². The number of aromatic nitrogens is 3. The van der Waals surface area contributed by atoms with Crippen LogP contribution in [-0.2, 0) is 6.54 Å². The van der Waals surface area contributed by atoms with Gasteiger partial charge in [-0.05, 0) is 42.5 Å². The average molecular weight is 417 g/mol. The second-order valence-corrected chi connectivity index (χ2v) is 6.82. The molecule has 124 valence electrons. The Morgan fingerprint density at radius 3 is 2.72 bits per heavy atom. The topological polar surface area (TPSA) is 60.9 Å². The average Bonchev–Trinajstić information content (AvgIpc) is 3.07. The smallest absolute Gasteiger partial charge is 0.261 e. The van der Waals surface area contributed by atoms with E-state index in [1.54, 1.807) is 30.5 Å². The Bertz CT molecular complexity index is 1120. The van der Waals surface area contributed by atoms with E-state index in [2.05, 4.69) is 25.9 Å². The second-order valence-electron chi connectivity index (χ2n) is 5.46. The molecule has 2 heterocycles. The zero-order valence-electron chi connectivity index (χ0n) is 12.8. The molecule has 2 aromatic carbocycles. The molecule has 0 atom stereocenters. The highest BCUT2D eigenvalue weighted by Gasteiger charge is 2.10. The third-order valence-corrected chi connectivity index (χ3v) is 4.52. The van der Waals surface area contributed by atoms with Crippen LogP contribution in [0.4, 0.5) is 0 Å². The molecule has 0 unspecified atom stereocenters. The number of rotatable bonds is 3. The summed E-state index contributed by atoms with van der Waals surface area (Å²) < 4.78 is 8.06. The quantitative estimate of drug-likeness (QED) is 0.493. The standard InChI is InChI=1S/C18H11BrClN3O2/c19-12-3-6-15-14(7-12)18(24)23(10-22-15)9-17-21-8-16(25-17)11-1-4-13(20)5-2-11/h1-8,10H,9H2. The third-order valence-electron chi connectivity index (χ3n) is 3.77. The lowest BCUT2D eigenvalue weighted by atomic mass is 10.2. The van der Waals surface area contributed by atoms with Crippen LogP contribution in [-0.4, -0.2) is 14.5 Å². The zero-order valence-corrected chi connectivity index (χ0v) is 15.2. The monoisotopic (exact) mass is 415 g/mol. The molecular weight excluding hydrogens is 406 g/mol. The molecule has 25 heavy (non-hydrogen) atoms. The summed E-state index contributed by atoms with van der Waals surface area (Å²) in [6.07, 6.45) is 3.14. The summed E-state index contributed by atoms with van der Waals surface area (Å²) in [5.74, 6) is 1.06. The van der Waals surface area contributed by atoms with Gasteiger partial charge in [-0.3, -0.25) is 9.36 Å². The first-order valence-electron chi connectivity index (χ1n) is 7.45. The summed E-state index contributed by atoms with van der Waals surface area (Å²) in [6, 6.07) is 12.7. The van der Waals surface area contributed by atoms with E-state index in [1.165, 1.54) is 10.9 Å². The number of nitrogens with zero attached hydrogens (tertiary/aromatic N) is 3. The Hall–Kier alpha value is -2.44. The molecular formula is C18H11BrClN3O2. The molecule has 0 spiro atoms. The fraction of sp³-hybridized carbons (Fsp3) is 0.0556. The van der Waals surface area contributed by atoms with E-state index in [4.69, 9.17) is 16.0 Å². The van der Waals surface area contributed by atoms with Gasteiger partial charge in [0.2, 0.25) is 5.89 Å². The minimum Gasteiger partial charge on any atom is -0.439 e. The van der Waals surface area contributed by atoms with Gasteiger partial charge in [0.15, 0.2) is 5.76 Å². The number of benzene rings is 2. The number of fused-ring (bicyclic) bond motifs is 1. The highest BCUT2D eigenvalue weighted by Crippen LogP contribution is 2.22. The largest absolute Gasteiger partial charge is 0.439 e. The van der Waals surface area contributed by atoms with Crippen molar-refractivity contribution in [3.05, 3.63) is 80.7 Å². The van der Waals surface area contributed by atoms with Gasteiger partial charge in [-0.1, -0.05) is 27.5 Å². The molecule has 0 aliphatic heterocycles. The van der Waals surface area contributed by atoms with Crippen LogP contribution in [0.3, 0.4) is 0 Å². The van der Waals surface area contributed by atoms with Crippen molar-refractivity contribution in [3.63, 3.8) is 0 Å². The van der Waals surface area contributed by atoms with Crippen LogP contribution in [0.25, 0.3) is 22.2 Å². The molecule has 0 saturated carbocycles. The molecule has 0 fully saturated rings. The summed E-state index contributed by atoms with van der Waals surface area (Å²) in [6.45, 7) is 0.210. The van der Waals surface area contributed by atoms with Crippen molar-refractivity contribution < 1.29 is 4.42 Å². The van der Waals surface area contributed by atoms with Gasteiger partial charge in [-0.2, -0.15) is 0 Å². The lowest BCUT2D eigenvalue weighted by Gasteiger charge is -2.04. The van der Waals surface area contributed by atoms with Crippen molar-refractivity contribution in [2.75, 3.05) is 0 Å². The minimum absolute atomic E-state index is 0.141. The van der Waals surface area contributed by atoms with Gasteiger partial charge in [0.25, 0.3) is 5.56 Å². The molecule has 0 aliphatic rings. The number of halogens is 2. The van der Waals surface area contributed by atoms with E-state index in [9.17, 15) is 4.79 Å². The van der Waals surface area contributed by atoms with Crippen LogP contribution >= 0.6 is 27.5 Å². The molecule has 0 aliphatic carbocycles. The first-order valence-corrected chi connectivity index (χ1v) is 8.62. The van der Waals surface area contributed by atoms with Gasteiger partial charge in [-0.15, -0.1) is 0 Å². The molecule has 0 N–H and O–H groups in total. The van der Waals surface area contributed by atoms with Crippen LogP contribution < -0.4 is 5.56 Å². The third kappa shape index (κ3) is 3.23. The molecule has 7 heteroatoms. The Kier molecular flexibility index (Phi) is 4.15. The first kappa shape index (κ1) is 16.1. The Balaban J connectivity index is 1.67. The lowest BCUT2D eigenvalue weighted by Crippen LogP contribution is -2.21. The SMILES string of the molecule is O=c1c2cc(Br)ccc2ncn1Cc1ncc(-c2ccc(Cl)cc2)o1. The summed E-state index contributed by atoms with van der Waals surface area (Å²) in [5.41, 5.74) is 1.38. The van der Waals surface area contributed by atoms with Gasteiger partial charge < -0.3 is 4.42 Å². The van der Waals surface area contributed by atoms with Crippen LogP contribution in [0.5, 0.6) is 0 Å². The van der Waals surface area contributed by atoms with E-state index in [-0.39, 0.29) is 12.1 Å². The zero-order chi connectivity index (χ0) is 17.4. The number of oxazole rings is 1. The van der Waals surface area contributed by atoms with E-state index in [0.717, 1.165) is 10.0 Å². The Labute approximate surface area is 156 Å². The normalized spacial score (nSPS) is 11.1. The highest BCUT2D eigenvalue weighted by molar-refractivity contribution is 9.10. The maximum Gasteiger partial charge on any atom is 0.261 e. The van der Waals surface area contributed by atoms with Crippen molar-refractivity contribution in [2.24, 2.45) is 0 Å². The van der Waals surface area contributed by atoms with Crippen molar-refractivity contribution in [3.8, 4) is 11.3 Å². The number of hydrogen-bond donors (Lipinski definition) is 0. The van der Waals surface area contributed by atoms with Crippen molar-refractivity contribution in [1.29, 1.82) is 0 Å². The summed E-state index contributed by atoms with van der Waals surface area (Å²) >= 11 is 9.27.